The van der Waals surface area contributed by atoms with E-state index in [1.807, 2.05) is 6.07 Å². The highest BCUT2D eigenvalue weighted by Crippen LogP contribution is 2.30. The summed E-state index contributed by atoms with van der Waals surface area (Å²) in [6.07, 6.45) is 4.85. The van der Waals surface area contributed by atoms with Gasteiger partial charge in [-0.2, -0.15) is 5.10 Å². The number of aromatic amines is 1. The maximum absolute atomic E-state index is 11.9. The molecule has 2 atom stereocenters. The molecule has 0 bridgehead atoms. The van der Waals surface area contributed by atoms with Crippen molar-refractivity contribution in [2.24, 2.45) is 17.6 Å². The molecule has 0 aliphatic heterocycles. The lowest BCUT2D eigenvalue weighted by Crippen LogP contribution is -2.34. The van der Waals surface area contributed by atoms with Gasteiger partial charge >= 0.3 is 0 Å². The van der Waals surface area contributed by atoms with Crippen molar-refractivity contribution in [3.63, 3.8) is 0 Å². The monoisotopic (exact) mass is 222 g/mol. The Morgan fingerprint density at radius 1 is 1.62 bits per heavy atom. The number of aromatic nitrogens is 2. The normalized spacial score (nSPS) is 24.6. The van der Waals surface area contributed by atoms with Crippen LogP contribution in [-0.4, -0.2) is 22.6 Å². The Morgan fingerprint density at radius 2 is 2.50 bits per heavy atom. The molecule has 5 heteroatoms. The van der Waals surface area contributed by atoms with Crippen LogP contribution in [0, 0.1) is 11.8 Å². The number of hydrogen-bond acceptors (Lipinski definition) is 3. The summed E-state index contributed by atoms with van der Waals surface area (Å²) in [6, 6.07) is 1.86. The second-order valence-corrected chi connectivity index (χ2v) is 4.33. The molecule has 5 nitrogen and oxygen atoms in total. The van der Waals surface area contributed by atoms with Gasteiger partial charge in [0.2, 0.25) is 5.91 Å². The molecule has 1 heterocycles. The number of amides is 1. The van der Waals surface area contributed by atoms with E-state index in [0.29, 0.717) is 19.0 Å². The lowest BCUT2D eigenvalue weighted by Gasteiger charge is -2.16. The number of carbonyl (C=O) groups excluding carboxylic acids is 1. The highest BCUT2D eigenvalue weighted by atomic mass is 16.1. The largest absolute Gasteiger partial charge is 0.350 e. The van der Waals surface area contributed by atoms with Gasteiger partial charge in [0.25, 0.3) is 0 Å². The van der Waals surface area contributed by atoms with Crippen LogP contribution < -0.4 is 11.1 Å². The Bertz CT molecular complexity index is 336. The quantitative estimate of drug-likeness (QED) is 0.689. The number of H-pyrrole nitrogens is 1. The molecule has 1 aromatic rings. The summed E-state index contributed by atoms with van der Waals surface area (Å²) in [6.45, 7) is 1.13. The Kier molecular flexibility index (Phi) is 3.56. The van der Waals surface area contributed by atoms with Crippen LogP contribution in [0.25, 0.3) is 0 Å². The summed E-state index contributed by atoms with van der Waals surface area (Å²) in [5.41, 5.74) is 6.58. The molecule has 1 fully saturated rings. The van der Waals surface area contributed by atoms with Gasteiger partial charge in [0.05, 0.1) is 12.2 Å². The van der Waals surface area contributed by atoms with Crippen LogP contribution in [0.4, 0.5) is 0 Å². The van der Waals surface area contributed by atoms with Crippen LogP contribution in [0.1, 0.15) is 25.0 Å². The van der Waals surface area contributed by atoms with E-state index in [1.165, 1.54) is 0 Å². The summed E-state index contributed by atoms with van der Waals surface area (Å²) in [5, 5.41) is 9.58. The molecule has 4 N–H and O–H groups in total. The van der Waals surface area contributed by atoms with Gasteiger partial charge in [0.1, 0.15) is 0 Å². The maximum atomic E-state index is 11.9. The molecule has 1 saturated carbocycles. The molecule has 0 radical (unpaired) electrons. The minimum atomic E-state index is 0.105. The van der Waals surface area contributed by atoms with Gasteiger partial charge in [-0.25, -0.2) is 0 Å². The molecule has 2 unspecified atom stereocenters. The van der Waals surface area contributed by atoms with E-state index < -0.39 is 0 Å². The van der Waals surface area contributed by atoms with E-state index >= 15 is 0 Å². The first-order valence-corrected chi connectivity index (χ1v) is 5.77. The van der Waals surface area contributed by atoms with Crippen LogP contribution in [-0.2, 0) is 11.3 Å². The van der Waals surface area contributed by atoms with Gasteiger partial charge in [-0.1, -0.05) is 6.42 Å². The van der Waals surface area contributed by atoms with Crippen LogP contribution >= 0.6 is 0 Å². The number of carbonyl (C=O) groups is 1. The number of nitrogens with one attached hydrogen (secondary N) is 2. The first kappa shape index (κ1) is 11.1. The van der Waals surface area contributed by atoms with Crippen LogP contribution in [0.2, 0.25) is 0 Å². The Morgan fingerprint density at radius 3 is 3.19 bits per heavy atom. The fourth-order valence-corrected chi connectivity index (χ4v) is 2.36. The minimum Gasteiger partial charge on any atom is -0.350 e. The summed E-state index contributed by atoms with van der Waals surface area (Å²) >= 11 is 0. The predicted molar refractivity (Wildman–Crippen MR) is 60.3 cm³/mol. The van der Waals surface area contributed by atoms with Crippen molar-refractivity contribution in [3.05, 3.63) is 18.0 Å². The van der Waals surface area contributed by atoms with Gasteiger partial charge in [0, 0.05) is 12.1 Å². The fraction of sp³-hybridized carbons (Fsp3) is 0.636. The number of nitrogens with zero attached hydrogens (tertiary/aromatic N) is 1. The third-order valence-corrected chi connectivity index (χ3v) is 3.31. The zero-order chi connectivity index (χ0) is 11.4. The summed E-state index contributed by atoms with van der Waals surface area (Å²) in [4.78, 5) is 11.9. The Hall–Kier alpha value is -1.36. The molecule has 0 spiro atoms. The second kappa shape index (κ2) is 5.12. The van der Waals surface area contributed by atoms with Crippen LogP contribution in [0.3, 0.4) is 0 Å². The lowest BCUT2D eigenvalue weighted by atomic mass is 9.95. The van der Waals surface area contributed by atoms with Crippen molar-refractivity contribution in [1.82, 2.24) is 15.5 Å². The van der Waals surface area contributed by atoms with E-state index in [0.717, 1.165) is 25.0 Å². The molecule has 1 aliphatic carbocycles. The molecule has 88 valence electrons. The Labute approximate surface area is 94.8 Å². The first-order valence-electron chi connectivity index (χ1n) is 5.77. The lowest BCUT2D eigenvalue weighted by molar-refractivity contribution is -0.126. The molecular formula is C11H18N4O. The zero-order valence-corrected chi connectivity index (χ0v) is 9.28. The molecule has 1 aliphatic rings. The number of rotatable bonds is 4. The number of hydrogen-bond donors (Lipinski definition) is 3. The summed E-state index contributed by atoms with van der Waals surface area (Å²) in [5.74, 6) is 0.595. The minimum absolute atomic E-state index is 0.105. The zero-order valence-electron chi connectivity index (χ0n) is 9.28. The van der Waals surface area contributed by atoms with Gasteiger partial charge < -0.3 is 11.1 Å². The molecule has 16 heavy (non-hydrogen) atoms. The fourth-order valence-electron chi connectivity index (χ4n) is 2.36. The first-order chi connectivity index (χ1) is 7.81. The van der Waals surface area contributed by atoms with Crippen molar-refractivity contribution in [1.29, 1.82) is 0 Å². The van der Waals surface area contributed by atoms with Crippen molar-refractivity contribution < 1.29 is 4.79 Å². The summed E-state index contributed by atoms with van der Waals surface area (Å²) in [7, 11) is 0. The average molecular weight is 222 g/mol. The average Bonchev–Trinajstić information content (AvgIpc) is 2.96. The standard InChI is InChI=1S/C11H18N4O/c12-6-8-2-1-3-10(8)11(16)13-7-9-4-5-14-15-9/h4-5,8,10H,1-3,6-7,12H2,(H,13,16)(H,14,15). The van der Waals surface area contributed by atoms with Gasteiger partial charge in [-0.05, 0) is 31.4 Å². The van der Waals surface area contributed by atoms with E-state index in [1.54, 1.807) is 6.20 Å². The van der Waals surface area contributed by atoms with Crippen molar-refractivity contribution in [2.45, 2.75) is 25.8 Å². The third kappa shape index (κ3) is 2.41. The topological polar surface area (TPSA) is 83.8 Å². The SMILES string of the molecule is NCC1CCCC1C(=O)NCc1ccn[nH]1. The van der Waals surface area contributed by atoms with Crippen molar-refractivity contribution >= 4 is 5.91 Å². The highest BCUT2D eigenvalue weighted by molar-refractivity contribution is 5.79. The van der Waals surface area contributed by atoms with E-state index in [-0.39, 0.29) is 11.8 Å². The molecular weight excluding hydrogens is 204 g/mol. The molecule has 1 amide bonds. The Balaban J connectivity index is 1.83. The predicted octanol–water partition coefficient (Wildman–Crippen LogP) is 0.401. The van der Waals surface area contributed by atoms with Gasteiger partial charge in [-0.15, -0.1) is 0 Å². The smallest absolute Gasteiger partial charge is 0.223 e. The maximum Gasteiger partial charge on any atom is 0.223 e. The van der Waals surface area contributed by atoms with E-state index in [4.69, 9.17) is 5.73 Å². The van der Waals surface area contributed by atoms with E-state index in [2.05, 4.69) is 15.5 Å². The second-order valence-electron chi connectivity index (χ2n) is 4.33. The molecule has 1 aromatic heterocycles. The van der Waals surface area contributed by atoms with E-state index in [9.17, 15) is 4.79 Å². The van der Waals surface area contributed by atoms with Crippen LogP contribution in [0.15, 0.2) is 12.3 Å². The molecule has 0 saturated heterocycles. The van der Waals surface area contributed by atoms with Gasteiger partial charge in [-0.3, -0.25) is 9.89 Å². The van der Waals surface area contributed by atoms with Crippen LogP contribution in [0.5, 0.6) is 0 Å². The number of nitrogens with two attached hydrogens (primary N) is 1. The highest BCUT2D eigenvalue weighted by Gasteiger charge is 2.31. The van der Waals surface area contributed by atoms with Crippen molar-refractivity contribution in [2.75, 3.05) is 6.54 Å². The summed E-state index contributed by atoms with van der Waals surface area (Å²) < 4.78 is 0. The molecule has 2 rings (SSSR count). The third-order valence-electron chi connectivity index (χ3n) is 3.31. The van der Waals surface area contributed by atoms with Crippen molar-refractivity contribution in [3.8, 4) is 0 Å². The van der Waals surface area contributed by atoms with Gasteiger partial charge in [0.15, 0.2) is 0 Å². The molecule has 0 aromatic carbocycles.